The Morgan fingerprint density at radius 2 is 1.11 bits per heavy atom. The smallest absolute Gasteiger partial charge is 0.00623 e. The highest BCUT2D eigenvalue weighted by Crippen LogP contribution is 2.36. The van der Waals surface area contributed by atoms with Crippen LogP contribution in [-0.4, -0.2) is 0 Å². The van der Waals surface area contributed by atoms with E-state index in [4.69, 9.17) is 5.73 Å². The number of rotatable bonds is 5. The van der Waals surface area contributed by atoms with Crippen molar-refractivity contribution in [3.05, 3.63) is 157 Å². The van der Waals surface area contributed by atoms with E-state index >= 15 is 0 Å². The molecule has 5 aromatic carbocycles. The van der Waals surface area contributed by atoms with E-state index in [-0.39, 0.29) is 0 Å². The lowest BCUT2D eigenvalue weighted by atomic mass is 10.1. The van der Waals surface area contributed by atoms with Crippen molar-refractivity contribution in [1.82, 2.24) is 0 Å². The molecule has 0 aliphatic carbocycles. The van der Waals surface area contributed by atoms with Crippen LogP contribution in [0.5, 0.6) is 0 Å². The van der Waals surface area contributed by atoms with Crippen LogP contribution >= 0.6 is 7.92 Å². The molecular weight excluding hydrogens is 453 g/mol. The van der Waals surface area contributed by atoms with Crippen LogP contribution in [0.25, 0.3) is 16.3 Å². The van der Waals surface area contributed by atoms with E-state index in [1.54, 1.807) is 0 Å². The Morgan fingerprint density at radius 1 is 0.611 bits per heavy atom. The summed E-state index contributed by atoms with van der Waals surface area (Å²) in [5.74, 6) is 0. The second kappa shape index (κ2) is 12.7. The van der Waals surface area contributed by atoms with Crippen LogP contribution in [-0.2, 0) is 0 Å². The molecule has 0 saturated carbocycles. The topological polar surface area (TPSA) is 26.0 Å². The molecule has 0 bridgehead atoms. The van der Waals surface area contributed by atoms with Gasteiger partial charge in [-0.3, -0.25) is 0 Å². The lowest BCUT2D eigenvalue weighted by Gasteiger charge is -2.21. The molecule has 0 atom stereocenters. The third-order valence-corrected chi connectivity index (χ3v) is 8.58. The van der Waals surface area contributed by atoms with Crippen LogP contribution in [0.3, 0.4) is 0 Å². The van der Waals surface area contributed by atoms with Gasteiger partial charge in [0, 0.05) is 0 Å². The monoisotopic (exact) mass is 485 g/mol. The third kappa shape index (κ3) is 6.19. The number of benzene rings is 5. The number of aryl methyl sites for hydroxylation is 1. The maximum atomic E-state index is 5.23. The minimum Gasteiger partial charge on any atom is -0.405 e. The lowest BCUT2D eigenvalue weighted by molar-refractivity contribution is 1.54. The predicted molar refractivity (Wildman–Crippen MR) is 161 cm³/mol. The van der Waals surface area contributed by atoms with Crippen molar-refractivity contribution >= 4 is 40.2 Å². The molecule has 0 saturated heterocycles. The van der Waals surface area contributed by atoms with Crippen molar-refractivity contribution in [2.75, 3.05) is 0 Å². The number of fused-ring (bicyclic) bond motifs is 1. The van der Waals surface area contributed by atoms with E-state index in [2.05, 4.69) is 123 Å². The van der Waals surface area contributed by atoms with Gasteiger partial charge in [-0.2, -0.15) is 0 Å². The van der Waals surface area contributed by atoms with Crippen LogP contribution in [0.4, 0.5) is 0 Å². The molecule has 0 unspecified atom stereocenters. The molecule has 0 aromatic heterocycles. The van der Waals surface area contributed by atoms with Crippen molar-refractivity contribution in [2.24, 2.45) is 5.73 Å². The molecule has 0 aliphatic rings. The van der Waals surface area contributed by atoms with Gasteiger partial charge in [0.05, 0.1) is 0 Å². The van der Waals surface area contributed by atoms with Crippen molar-refractivity contribution in [1.29, 1.82) is 0 Å². The molecule has 2 heteroatoms. The highest BCUT2D eigenvalue weighted by Gasteiger charge is 2.18. The quantitative estimate of drug-likeness (QED) is 0.203. The molecular formula is C34H32NP. The molecule has 5 rings (SSSR count). The summed E-state index contributed by atoms with van der Waals surface area (Å²) in [6.07, 6.45) is 5.37. The summed E-state index contributed by atoms with van der Waals surface area (Å²) in [4.78, 5) is 0. The Balaban J connectivity index is 0.000000214. The molecule has 36 heavy (non-hydrogen) atoms. The number of nitrogens with two attached hydrogens (primary N) is 1. The van der Waals surface area contributed by atoms with Crippen LogP contribution in [0.15, 0.2) is 146 Å². The van der Waals surface area contributed by atoms with Gasteiger partial charge in [-0.05, 0) is 77.4 Å². The van der Waals surface area contributed by atoms with Gasteiger partial charge in [0.15, 0.2) is 0 Å². The fraction of sp³-hybridized carbons (Fsp3) is 0.0588. The van der Waals surface area contributed by atoms with Gasteiger partial charge in [0.1, 0.15) is 0 Å². The van der Waals surface area contributed by atoms with Gasteiger partial charge in [0.25, 0.3) is 0 Å². The zero-order valence-electron chi connectivity index (χ0n) is 20.9. The molecule has 1 nitrogen and oxygen atoms in total. The Kier molecular flexibility index (Phi) is 8.87. The van der Waals surface area contributed by atoms with Gasteiger partial charge < -0.3 is 5.73 Å². The SMILES string of the molecule is C/C(=C\C=C/N)c1ccccc1.Cc1ccc(P(c2ccccc2)c2ccccc2)c2ccccc12. The average Bonchev–Trinajstić information content (AvgIpc) is 2.95. The zero-order valence-corrected chi connectivity index (χ0v) is 21.8. The maximum absolute atomic E-state index is 5.23. The fourth-order valence-electron chi connectivity index (χ4n) is 4.21. The normalized spacial score (nSPS) is 11.5. The van der Waals surface area contributed by atoms with Crippen LogP contribution in [0.1, 0.15) is 18.1 Å². The second-order valence-electron chi connectivity index (χ2n) is 8.55. The minimum absolute atomic E-state index is 0.558. The zero-order chi connectivity index (χ0) is 25.2. The van der Waals surface area contributed by atoms with Gasteiger partial charge >= 0.3 is 0 Å². The first-order valence-corrected chi connectivity index (χ1v) is 13.5. The molecule has 178 valence electrons. The van der Waals surface area contributed by atoms with Crippen molar-refractivity contribution in [3.8, 4) is 0 Å². The first-order valence-electron chi connectivity index (χ1n) is 12.2. The van der Waals surface area contributed by atoms with Gasteiger partial charge in [-0.1, -0.05) is 133 Å². The van der Waals surface area contributed by atoms with E-state index in [1.807, 2.05) is 30.4 Å². The summed E-state index contributed by atoms with van der Waals surface area (Å²) in [7, 11) is -0.558. The van der Waals surface area contributed by atoms with Gasteiger partial charge in [-0.15, -0.1) is 0 Å². The van der Waals surface area contributed by atoms with Gasteiger partial charge in [0.2, 0.25) is 0 Å². The second-order valence-corrected chi connectivity index (χ2v) is 10.7. The Bertz CT molecular complexity index is 1400. The summed E-state index contributed by atoms with van der Waals surface area (Å²) in [6.45, 7) is 4.26. The van der Waals surface area contributed by atoms with E-state index in [9.17, 15) is 0 Å². The molecule has 0 amide bonds. The van der Waals surface area contributed by atoms with E-state index in [0.717, 1.165) is 0 Å². The van der Waals surface area contributed by atoms with Crippen molar-refractivity contribution in [2.45, 2.75) is 13.8 Å². The summed E-state index contributed by atoms with van der Waals surface area (Å²) >= 11 is 0. The summed E-state index contributed by atoms with van der Waals surface area (Å²) < 4.78 is 0. The van der Waals surface area contributed by atoms with Crippen molar-refractivity contribution in [3.63, 3.8) is 0 Å². The lowest BCUT2D eigenvalue weighted by Crippen LogP contribution is -2.21. The first kappa shape index (κ1) is 25.2. The highest BCUT2D eigenvalue weighted by atomic mass is 31.1. The summed E-state index contributed by atoms with van der Waals surface area (Å²) in [6, 6.07) is 45.4. The van der Waals surface area contributed by atoms with Gasteiger partial charge in [-0.25, -0.2) is 0 Å². The summed E-state index contributed by atoms with van der Waals surface area (Å²) in [5.41, 5.74) is 9.02. The minimum atomic E-state index is -0.558. The van der Waals surface area contributed by atoms with Crippen LogP contribution < -0.4 is 21.6 Å². The average molecular weight is 486 g/mol. The van der Waals surface area contributed by atoms with E-state index in [0.29, 0.717) is 0 Å². The Hall–Kier alpha value is -3.93. The molecule has 0 radical (unpaired) electrons. The first-order chi connectivity index (χ1) is 17.7. The summed E-state index contributed by atoms with van der Waals surface area (Å²) in [5, 5.41) is 6.95. The molecule has 0 aliphatic heterocycles. The molecule has 2 N–H and O–H groups in total. The Labute approximate surface area is 216 Å². The van der Waals surface area contributed by atoms with E-state index in [1.165, 1.54) is 49.6 Å². The standard InChI is InChI=1S/C23H19P.C11H13N/c1-18-16-17-23(22-15-9-8-14-21(18)22)24(19-10-4-2-5-11-19)20-12-6-3-7-13-20;1-10(6-5-9-12)11-7-3-2-4-8-11/h2-17H,1H3;2-9H,12H2,1H3/b;9-5-,10-6+. The molecule has 0 heterocycles. The number of hydrogen-bond donors (Lipinski definition) is 1. The van der Waals surface area contributed by atoms with E-state index < -0.39 is 7.92 Å². The molecule has 5 aromatic rings. The molecule has 0 spiro atoms. The van der Waals surface area contributed by atoms with Crippen LogP contribution in [0.2, 0.25) is 0 Å². The highest BCUT2D eigenvalue weighted by molar-refractivity contribution is 7.80. The number of allylic oxidation sites excluding steroid dienone is 3. The fourth-order valence-corrected chi connectivity index (χ4v) is 6.66. The van der Waals surface area contributed by atoms with Crippen LogP contribution in [0, 0.1) is 6.92 Å². The third-order valence-electron chi connectivity index (χ3n) is 6.08. The van der Waals surface area contributed by atoms with Crippen molar-refractivity contribution < 1.29 is 0 Å². The Morgan fingerprint density at radius 3 is 1.67 bits per heavy atom. The molecule has 0 fully saturated rings. The maximum Gasteiger partial charge on any atom is -0.00623 e. The largest absolute Gasteiger partial charge is 0.405 e. The predicted octanol–water partition coefficient (Wildman–Crippen LogP) is 7.47. The number of hydrogen-bond acceptors (Lipinski definition) is 1.